The third-order valence-corrected chi connectivity index (χ3v) is 3.12. The second-order valence-electron chi connectivity index (χ2n) is 4.47. The van der Waals surface area contributed by atoms with Gasteiger partial charge in [-0.3, -0.25) is 9.69 Å². The average Bonchev–Trinajstić information content (AvgIpc) is 2.45. The van der Waals surface area contributed by atoms with Crippen molar-refractivity contribution in [1.29, 1.82) is 0 Å². The van der Waals surface area contributed by atoms with Crippen molar-refractivity contribution in [3.63, 3.8) is 0 Å². The van der Waals surface area contributed by atoms with Gasteiger partial charge in [0.05, 0.1) is 12.6 Å². The summed E-state index contributed by atoms with van der Waals surface area (Å²) in [5.74, 6) is -1.10. The van der Waals surface area contributed by atoms with Crippen LogP contribution in [0.5, 0.6) is 0 Å². The standard InChI is InChI=1S/C14H19ClN2O4/c1-3-11(9-21-2)16-14(20)17(8-13(18)19)12-6-4-10(15)5-7-12/h4-7,11H,3,8-9H2,1-2H3,(H,16,20)(H,18,19). The number of amides is 2. The van der Waals surface area contributed by atoms with Crippen molar-refractivity contribution in [2.75, 3.05) is 25.2 Å². The molecule has 6 nitrogen and oxygen atoms in total. The van der Waals surface area contributed by atoms with E-state index in [1.165, 1.54) is 0 Å². The van der Waals surface area contributed by atoms with Crippen LogP contribution in [0.1, 0.15) is 13.3 Å². The van der Waals surface area contributed by atoms with Crippen molar-refractivity contribution < 1.29 is 19.4 Å². The molecule has 0 bridgehead atoms. The van der Waals surface area contributed by atoms with Crippen LogP contribution in [0.4, 0.5) is 10.5 Å². The first-order valence-electron chi connectivity index (χ1n) is 6.52. The summed E-state index contributed by atoms with van der Waals surface area (Å²) >= 11 is 5.80. The number of hydrogen-bond donors (Lipinski definition) is 2. The van der Waals surface area contributed by atoms with Crippen LogP contribution in [0.3, 0.4) is 0 Å². The summed E-state index contributed by atoms with van der Waals surface area (Å²) in [6.45, 7) is 1.84. The zero-order valence-electron chi connectivity index (χ0n) is 12.0. The first-order chi connectivity index (χ1) is 9.97. The van der Waals surface area contributed by atoms with Gasteiger partial charge in [-0.15, -0.1) is 0 Å². The summed E-state index contributed by atoms with van der Waals surface area (Å²) in [6, 6.07) is 5.75. The monoisotopic (exact) mass is 314 g/mol. The number of ether oxygens (including phenoxy) is 1. The first-order valence-corrected chi connectivity index (χ1v) is 6.90. The van der Waals surface area contributed by atoms with Gasteiger partial charge in [-0.25, -0.2) is 4.79 Å². The second-order valence-corrected chi connectivity index (χ2v) is 4.90. The largest absolute Gasteiger partial charge is 0.480 e. The molecule has 1 rings (SSSR count). The molecule has 0 spiro atoms. The third kappa shape index (κ3) is 5.61. The van der Waals surface area contributed by atoms with E-state index in [1.807, 2.05) is 6.92 Å². The molecule has 0 aliphatic heterocycles. The maximum Gasteiger partial charge on any atom is 0.323 e. The zero-order valence-corrected chi connectivity index (χ0v) is 12.8. The Morgan fingerprint density at radius 3 is 2.48 bits per heavy atom. The molecule has 1 aromatic rings. The highest BCUT2D eigenvalue weighted by molar-refractivity contribution is 6.30. The number of carboxylic acids is 1. The van der Waals surface area contributed by atoms with Gasteiger partial charge < -0.3 is 15.2 Å². The predicted molar refractivity (Wildman–Crippen MR) is 80.9 cm³/mol. The van der Waals surface area contributed by atoms with Crippen molar-refractivity contribution in [2.45, 2.75) is 19.4 Å². The minimum atomic E-state index is -1.10. The van der Waals surface area contributed by atoms with Gasteiger partial charge in [-0.1, -0.05) is 18.5 Å². The molecule has 7 heteroatoms. The van der Waals surface area contributed by atoms with Gasteiger partial charge in [0.15, 0.2) is 0 Å². The number of anilines is 1. The number of rotatable bonds is 7. The Kier molecular flexibility index (Phi) is 6.98. The quantitative estimate of drug-likeness (QED) is 0.810. The number of methoxy groups -OCH3 is 1. The molecule has 0 fully saturated rings. The zero-order chi connectivity index (χ0) is 15.8. The molecule has 0 saturated heterocycles. The van der Waals surface area contributed by atoms with Crippen LogP contribution in [-0.2, 0) is 9.53 Å². The van der Waals surface area contributed by atoms with E-state index in [4.69, 9.17) is 21.4 Å². The summed E-state index contributed by atoms with van der Waals surface area (Å²) in [4.78, 5) is 24.4. The van der Waals surface area contributed by atoms with Crippen molar-refractivity contribution in [1.82, 2.24) is 5.32 Å². The number of halogens is 1. The van der Waals surface area contributed by atoms with Gasteiger partial charge in [0.25, 0.3) is 0 Å². The second kappa shape index (κ2) is 8.49. The number of nitrogens with zero attached hydrogens (tertiary/aromatic N) is 1. The van der Waals surface area contributed by atoms with Gasteiger partial charge in [0.2, 0.25) is 0 Å². The SMILES string of the molecule is CCC(COC)NC(=O)N(CC(=O)O)c1ccc(Cl)cc1. The Morgan fingerprint density at radius 1 is 1.38 bits per heavy atom. The fourth-order valence-corrected chi connectivity index (χ4v) is 1.88. The molecule has 21 heavy (non-hydrogen) atoms. The lowest BCUT2D eigenvalue weighted by Crippen LogP contribution is -2.48. The topological polar surface area (TPSA) is 78.9 Å². The predicted octanol–water partition coefficient (Wildman–Crippen LogP) is 2.37. The lowest BCUT2D eigenvalue weighted by atomic mass is 10.2. The average molecular weight is 315 g/mol. The summed E-state index contributed by atoms with van der Waals surface area (Å²) in [5, 5.41) is 12.2. The smallest absolute Gasteiger partial charge is 0.323 e. The summed E-state index contributed by atoms with van der Waals surface area (Å²) in [7, 11) is 1.54. The highest BCUT2D eigenvalue weighted by Gasteiger charge is 2.21. The van der Waals surface area contributed by atoms with Crippen molar-refractivity contribution >= 4 is 29.3 Å². The van der Waals surface area contributed by atoms with Gasteiger partial charge in [-0.05, 0) is 30.7 Å². The van der Waals surface area contributed by atoms with E-state index in [1.54, 1.807) is 31.4 Å². The number of urea groups is 1. The van der Waals surface area contributed by atoms with Crippen molar-refractivity contribution in [3.8, 4) is 0 Å². The van der Waals surface area contributed by atoms with E-state index in [0.717, 1.165) is 4.90 Å². The summed E-state index contributed by atoms with van der Waals surface area (Å²) < 4.78 is 5.01. The van der Waals surface area contributed by atoms with Gasteiger partial charge >= 0.3 is 12.0 Å². The third-order valence-electron chi connectivity index (χ3n) is 2.87. The molecule has 0 saturated carbocycles. The summed E-state index contributed by atoms with van der Waals surface area (Å²) in [5.41, 5.74) is 0.464. The number of hydrogen-bond acceptors (Lipinski definition) is 3. The summed E-state index contributed by atoms with van der Waals surface area (Å²) in [6.07, 6.45) is 0.682. The number of carbonyl (C=O) groups is 2. The maximum absolute atomic E-state index is 12.3. The Hall–Kier alpha value is -1.79. The molecule has 1 unspecified atom stereocenters. The van der Waals surface area contributed by atoms with Gasteiger partial charge in [0.1, 0.15) is 6.54 Å². The van der Waals surface area contributed by atoms with Crippen molar-refractivity contribution in [3.05, 3.63) is 29.3 Å². The van der Waals surface area contributed by atoms with Crippen LogP contribution in [0.25, 0.3) is 0 Å². The molecular formula is C14H19ClN2O4. The molecule has 1 aromatic carbocycles. The highest BCUT2D eigenvalue weighted by atomic mass is 35.5. The number of carboxylic acid groups (broad SMARTS) is 1. The first kappa shape index (κ1) is 17.3. The molecule has 2 N–H and O–H groups in total. The fourth-order valence-electron chi connectivity index (χ4n) is 1.75. The molecular weight excluding hydrogens is 296 g/mol. The van der Waals surface area contributed by atoms with E-state index in [9.17, 15) is 9.59 Å². The van der Waals surface area contributed by atoms with Crippen LogP contribution in [0.15, 0.2) is 24.3 Å². The Labute approximate surface area is 128 Å². The number of carbonyl (C=O) groups excluding carboxylic acids is 1. The van der Waals surface area contributed by atoms with Crippen LogP contribution < -0.4 is 10.2 Å². The van der Waals surface area contributed by atoms with E-state index < -0.39 is 18.5 Å². The molecule has 0 heterocycles. The minimum absolute atomic E-state index is 0.175. The highest BCUT2D eigenvalue weighted by Crippen LogP contribution is 2.18. The van der Waals surface area contributed by atoms with E-state index >= 15 is 0 Å². The fraction of sp³-hybridized carbons (Fsp3) is 0.429. The van der Waals surface area contributed by atoms with Crippen LogP contribution in [0.2, 0.25) is 5.02 Å². The number of nitrogens with one attached hydrogen (secondary N) is 1. The normalized spacial score (nSPS) is 11.8. The van der Waals surface area contributed by atoms with Crippen LogP contribution in [-0.4, -0.2) is 43.4 Å². The van der Waals surface area contributed by atoms with E-state index in [2.05, 4.69) is 5.32 Å². The molecule has 0 aliphatic carbocycles. The Bertz CT molecular complexity index is 478. The Balaban J connectivity index is 2.88. The number of benzene rings is 1. The Morgan fingerprint density at radius 2 is 2.00 bits per heavy atom. The molecule has 1 atom stereocenters. The van der Waals surface area contributed by atoms with Gasteiger partial charge in [0, 0.05) is 17.8 Å². The van der Waals surface area contributed by atoms with E-state index in [0.29, 0.717) is 23.7 Å². The molecule has 0 aliphatic rings. The lowest BCUT2D eigenvalue weighted by Gasteiger charge is -2.24. The van der Waals surface area contributed by atoms with Crippen molar-refractivity contribution in [2.24, 2.45) is 0 Å². The molecule has 0 aromatic heterocycles. The molecule has 2 amide bonds. The lowest BCUT2D eigenvalue weighted by molar-refractivity contribution is -0.135. The molecule has 0 radical (unpaired) electrons. The molecule has 116 valence electrons. The van der Waals surface area contributed by atoms with Gasteiger partial charge in [-0.2, -0.15) is 0 Å². The number of aliphatic carboxylic acids is 1. The maximum atomic E-state index is 12.3. The van der Waals surface area contributed by atoms with E-state index in [-0.39, 0.29) is 6.04 Å². The van der Waals surface area contributed by atoms with Crippen LogP contribution >= 0.6 is 11.6 Å². The van der Waals surface area contributed by atoms with Crippen LogP contribution in [0, 0.1) is 0 Å². The minimum Gasteiger partial charge on any atom is -0.480 e.